The van der Waals surface area contributed by atoms with Crippen molar-refractivity contribution >= 4 is 15.8 Å². The summed E-state index contributed by atoms with van der Waals surface area (Å²) < 4.78 is 30.8. The molecule has 1 aromatic carbocycles. The quantitative estimate of drug-likeness (QED) is 0.811. The van der Waals surface area contributed by atoms with Crippen LogP contribution in [0.3, 0.4) is 0 Å². The minimum absolute atomic E-state index is 0.0766. The van der Waals surface area contributed by atoms with Gasteiger partial charge in [0.2, 0.25) is 0 Å². The van der Waals surface area contributed by atoms with E-state index in [2.05, 4.69) is 17.1 Å². The minimum atomic E-state index is -4.11. The Balaban J connectivity index is 2.05. The molecule has 0 amide bonds. The molecule has 1 aromatic rings. The van der Waals surface area contributed by atoms with E-state index < -0.39 is 10.1 Å². The summed E-state index contributed by atoms with van der Waals surface area (Å²) >= 11 is 0. The van der Waals surface area contributed by atoms with Gasteiger partial charge in [0, 0.05) is 18.8 Å². The molecule has 0 spiro atoms. The lowest BCUT2D eigenvalue weighted by Crippen LogP contribution is -2.38. The summed E-state index contributed by atoms with van der Waals surface area (Å²) in [7, 11) is -4.11. The maximum absolute atomic E-state index is 11.0. The average Bonchev–Trinajstić information content (AvgIpc) is 2.89. The summed E-state index contributed by atoms with van der Waals surface area (Å²) in [6.45, 7) is 4.34. The minimum Gasteiger partial charge on any atom is -0.370 e. The lowest BCUT2D eigenvalue weighted by atomic mass is 10.2. The normalized spacial score (nSPS) is 18.4. The van der Waals surface area contributed by atoms with E-state index in [1.807, 2.05) is 0 Å². The lowest BCUT2D eigenvalue weighted by Gasteiger charge is -2.28. The summed E-state index contributed by atoms with van der Waals surface area (Å²) in [5.41, 5.74) is 0.867. The van der Waals surface area contributed by atoms with Gasteiger partial charge >= 0.3 is 0 Å². The number of hydrogen-bond donors (Lipinski definition) is 2. The van der Waals surface area contributed by atoms with Gasteiger partial charge in [-0.15, -0.1) is 0 Å². The third kappa shape index (κ3) is 3.68. The smallest absolute Gasteiger partial charge is 0.294 e. The van der Waals surface area contributed by atoms with E-state index >= 15 is 0 Å². The van der Waals surface area contributed by atoms with Crippen LogP contribution in [0, 0.1) is 0 Å². The molecule has 1 atom stereocenters. The van der Waals surface area contributed by atoms with Crippen LogP contribution in [0.1, 0.15) is 26.2 Å². The molecule has 0 aliphatic carbocycles. The summed E-state index contributed by atoms with van der Waals surface area (Å²) in [5.74, 6) is 0. The second-order valence-corrected chi connectivity index (χ2v) is 6.23. The molecule has 1 saturated heterocycles. The first-order valence-corrected chi connectivity index (χ1v) is 8.03. The van der Waals surface area contributed by atoms with Gasteiger partial charge in [0.25, 0.3) is 10.1 Å². The van der Waals surface area contributed by atoms with E-state index in [1.165, 1.54) is 25.0 Å². The fourth-order valence-corrected chi connectivity index (χ4v) is 2.90. The lowest BCUT2D eigenvalue weighted by molar-refractivity contribution is 0.261. The highest BCUT2D eigenvalue weighted by Crippen LogP contribution is 2.19. The Morgan fingerprint density at radius 3 is 2.32 bits per heavy atom. The van der Waals surface area contributed by atoms with Crippen LogP contribution in [0.25, 0.3) is 0 Å². The van der Waals surface area contributed by atoms with E-state index in [1.54, 1.807) is 12.1 Å². The SMILES string of the molecule is CCC(Nc1ccc(S(=O)(=O)O)cc1)N1CCCC1. The number of nitrogens with one attached hydrogen (secondary N) is 1. The van der Waals surface area contributed by atoms with Crippen molar-refractivity contribution in [3.05, 3.63) is 24.3 Å². The van der Waals surface area contributed by atoms with Gasteiger partial charge in [-0.1, -0.05) is 6.92 Å². The molecule has 1 aliphatic heterocycles. The second kappa shape index (κ2) is 5.90. The van der Waals surface area contributed by atoms with Crippen LogP contribution in [0.4, 0.5) is 5.69 Å². The molecule has 106 valence electrons. The van der Waals surface area contributed by atoms with E-state index in [9.17, 15) is 8.42 Å². The average molecular weight is 284 g/mol. The molecule has 1 heterocycles. The summed E-state index contributed by atoms with van der Waals surface area (Å²) in [6.07, 6.45) is 3.74. The predicted octanol–water partition coefficient (Wildman–Crippen LogP) is 2.18. The first kappa shape index (κ1) is 14.3. The zero-order chi connectivity index (χ0) is 13.9. The molecular formula is C13H20N2O3S. The molecule has 0 radical (unpaired) electrons. The van der Waals surface area contributed by atoms with Gasteiger partial charge in [0.05, 0.1) is 11.1 Å². The van der Waals surface area contributed by atoms with Gasteiger partial charge in [-0.3, -0.25) is 9.45 Å². The molecule has 0 saturated carbocycles. The number of benzene rings is 1. The van der Waals surface area contributed by atoms with Crippen LogP contribution in [0.15, 0.2) is 29.2 Å². The van der Waals surface area contributed by atoms with Crippen LogP contribution in [0.2, 0.25) is 0 Å². The fourth-order valence-electron chi connectivity index (χ4n) is 2.42. The molecular weight excluding hydrogens is 264 g/mol. The zero-order valence-corrected chi connectivity index (χ0v) is 11.9. The maximum Gasteiger partial charge on any atom is 0.294 e. The number of nitrogens with zero attached hydrogens (tertiary/aromatic N) is 1. The van der Waals surface area contributed by atoms with Gasteiger partial charge < -0.3 is 5.32 Å². The van der Waals surface area contributed by atoms with Gasteiger partial charge in [0.1, 0.15) is 0 Å². The largest absolute Gasteiger partial charge is 0.370 e. The Hall–Kier alpha value is -1.11. The number of likely N-dealkylation sites (tertiary alicyclic amines) is 1. The van der Waals surface area contributed by atoms with Crippen molar-refractivity contribution in [1.29, 1.82) is 0 Å². The standard InChI is InChI=1S/C13H20N2O3S/c1-2-13(15-9-3-4-10-15)14-11-5-7-12(8-6-11)19(16,17)18/h5-8,13-14H,2-4,9-10H2,1H3,(H,16,17,18). The Labute approximate surface area is 114 Å². The first-order chi connectivity index (χ1) is 9.00. The van der Waals surface area contributed by atoms with Crippen LogP contribution < -0.4 is 5.32 Å². The second-order valence-electron chi connectivity index (χ2n) is 4.81. The van der Waals surface area contributed by atoms with Crippen LogP contribution in [-0.4, -0.2) is 37.1 Å². The Morgan fingerprint density at radius 1 is 1.26 bits per heavy atom. The van der Waals surface area contributed by atoms with Gasteiger partial charge in [-0.25, -0.2) is 0 Å². The Bertz CT molecular complexity index is 507. The van der Waals surface area contributed by atoms with Crippen molar-refractivity contribution in [2.75, 3.05) is 18.4 Å². The molecule has 5 nitrogen and oxygen atoms in total. The molecule has 1 aliphatic rings. The number of rotatable bonds is 5. The molecule has 19 heavy (non-hydrogen) atoms. The maximum atomic E-state index is 11.0. The number of hydrogen-bond acceptors (Lipinski definition) is 4. The van der Waals surface area contributed by atoms with Gasteiger partial charge in [0.15, 0.2) is 0 Å². The zero-order valence-electron chi connectivity index (χ0n) is 11.0. The monoisotopic (exact) mass is 284 g/mol. The summed E-state index contributed by atoms with van der Waals surface area (Å²) in [6, 6.07) is 6.19. The molecule has 2 N–H and O–H groups in total. The van der Waals surface area contributed by atoms with Crippen molar-refractivity contribution in [2.24, 2.45) is 0 Å². The first-order valence-electron chi connectivity index (χ1n) is 6.59. The third-order valence-electron chi connectivity index (χ3n) is 3.45. The van der Waals surface area contributed by atoms with Crippen LogP contribution >= 0.6 is 0 Å². The topological polar surface area (TPSA) is 69.6 Å². The Morgan fingerprint density at radius 2 is 1.84 bits per heavy atom. The molecule has 2 rings (SSSR count). The summed E-state index contributed by atoms with van der Waals surface area (Å²) in [5, 5.41) is 3.40. The van der Waals surface area contributed by atoms with Crippen LogP contribution in [0.5, 0.6) is 0 Å². The van der Waals surface area contributed by atoms with Crippen LogP contribution in [-0.2, 0) is 10.1 Å². The highest BCUT2D eigenvalue weighted by Gasteiger charge is 2.20. The fraction of sp³-hybridized carbons (Fsp3) is 0.538. The highest BCUT2D eigenvalue weighted by atomic mass is 32.2. The van der Waals surface area contributed by atoms with Crippen molar-refractivity contribution in [2.45, 2.75) is 37.2 Å². The van der Waals surface area contributed by atoms with E-state index in [0.29, 0.717) is 0 Å². The molecule has 0 aromatic heterocycles. The highest BCUT2D eigenvalue weighted by molar-refractivity contribution is 7.85. The van der Waals surface area contributed by atoms with E-state index in [0.717, 1.165) is 25.2 Å². The van der Waals surface area contributed by atoms with Gasteiger partial charge in [-0.05, 0) is 43.5 Å². The van der Waals surface area contributed by atoms with Gasteiger partial charge in [-0.2, -0.15) is 8.42 Å². The van der Waals surface area contributed by atoms with Crippen molar-refractivity contribution in [1.82, 2.24) is 4.90 Å². The van der Waals surface area contributed by atoms with E-state index in [-0.39, 0.29) is 11.1 Å². The molecule has 1 fully saturated rings. The predicted molar refractivity (Wildman–Crippen MR) is 74.8 cm³/mol. The van der Waals surface area contributed by atoms with Crippen molar-refractivity contribution < 1.29 is 13.0 Å². The van der Waals surface area contributed by atoms with E-state index in [4.69, 9.17) is 4.55 Å². The van der Waals surface area contributed by atoms with Crippen molar-refractivity contribution in [3.63, 3.8) is 0 Å². The molecule has 0 bridgehead atoms. The molecule has 6 heteroatoms. The third-order valence-corrected chi connectivity index (χ3v) is 4.32. The Kier molecular flexibility index (Phi) is 4.44. The molecule has 1 unspecified atom stereocenters. The van der Waals surface area contributed by atoms with Crippen molar-refractivity contribution in [3.8, 4) is 0 Å². The summed E-state index contributed by atoms with van der Waals surface area (Å²) in [4.78, 5) is 2.32. The number of anilines is 1.